The molecule has 0 aliphatic carbocycles. The van der Waals surface area contributed by atoms with Gasteiger partial charge in [-0.3, -0.25) is 9.80 Å². The summed E-state index contributed by atoms with van der Waals surface area (Å²) in [6, 6.07) is 18.2. The monoisotopic (exact) mass is 405 g/mol. The van der Waals surface area contributed by atoms with Crippen molar-refractivity contribution in [3.05, 3.63) is 59.8 Å². The molecule has 158 valence electrons. The Morgan fingerprint density at radius 1 is 0.967 bits per heavy atom. The number of hydrogen-bond acceptors (Lipinski definition) is 4. The van der Waals surface area contributed by atoms with Gasteiger partial charge in [-0.25, -0.2) is 0 Å². The molecule has 1 aromatic heterocycles. The number of aromatic amines is 1. The van der Waals surface area contributed by atoms with Gasteiger partial charge in [0, 0.05) is 48.8 Å². The molecule has 0 spiro atoms. The minimum atomic E-state index is 0.255. The zero-order chi connectivity index (χ0) is 20.3. The third-order valence-electron chi connectivity index (χ3n) is 6.53. The number of likely N-dealkylation sites (tertiary alicyclic amines) is 1. The van der Waals surface area contributed by atoms with Gasteiger partial charge in [-0.15, -0.1) is 0 Å². The molecule has 3 heterocycles. The van der Waals surface area contributed by atoms with Gasteiger partial charge in [0.2, 0.25) is 0 Å². The van der Waals surface area contributed by atoms with Gasteiger partial charge in [0.25, 0.3) is 0 Å². The van der Waals surface area contributed by atoms with Crippen LogP contribution in [0.3, 0.4) is 0 Å². The van der Waals surface area contributed by atoms with E-state index in [1.54, 1.807) is 0 Å². The van der Waals surface area contributed by atoms with Crippen molar-refractivity contribution in [3.63, 3.8) is 0 Å². The molecular weight excluding hydrogens is 374 g/mol. The molecule has 0 saturated carbocycles. The number of aliphatic hydroxyl groups is 1. The highest BCUT2D eigenvalue weighted by atomic mass is 16.5. The number of aromatic nitrogens is 1. The fraction of sp³-hybridized carbons (Fsp3) is 0.440. The quantitative estimate of drug-likeness (QED) is 0.658. The average molecular weight is 406 g/mol. The van der Waals surface area contributed by atoms with Gasteiger partial charge in [-0.2, -0.15) is 0 Å². The van der Waals surface area contributed by atoms with Crippen LogP contribution in [0, 0.1) is 0 Å². The van der Waals surface area contributed by atoms with E-state index in [1.165, 1.54) is 39.7 Å². The molecule has 5 nitrogen and oxygen atoms in total. The number of nitrogens with one attached hydrogen (secondary N) is 1. The Balaban J connectivity index is 1.34. The van der Waals surface area contributed by atoms with Crippen LogP contribution >= 0.6 is 0 Å². The Kier molecular flexibility index (Phi) is 5.86. The number of benzene rings is 2. The third kappa shape index (κ3) is 4.30. The normalized spacial score (nSPS) is 20.9. The zero-order valence-corrected chi connectivity index (χ0v) is 17.5. The molecule has 2 aromatic carbocycles. The van der Waals surface area contributed by atoms with Gasteiger partial charge < -0.3 is 14.8 Å². The molecule has 0 amide bonds. The molecule has 2 aliphatic rings. The maximum atomic E-state index is 9.58. The highest BCUT2D eigenvalue weighted by Crippen LogP contribution is 2.27. The predicted octanol–water partition coefficient (Wildman–Crippen LogP) is 3.62. The second-order valence-corrected chi connectivity index (χ2v) is 8.63. The van der Waals surface area contributed by atoms with Crippen LogP contribution in [0.5, 0.6) is 0 Å². The SMILES string of the molecule is OC[C@H]1CCCN1Cc1cc2cc(-c3cccc(CN4CCOCC4)c3)ccc2[nH]1. The maximum absolute atomic E-state index is 9.58. The van der Waals surface area contributed by atoms with E-state index in [2.05, 4.69) is 63.3 Å². The van der Waals surface area contributed by atoms with Crippen LogP contribution in [0.1, 0.15) is 24.1 Å². The summed E-state index contributed by atoms with van der Waals surface area (Å²) in [4.78, 5) is 8.42. The van der Waals surface area contributed by atoms with Crippen molar-refractivity contribution < 1.29 is 9.84 Å². The number of aliphatic hydroxyl groups excluding tert-OH is 1. The summed E-state index contributed by atoms with van der Waals surface area (Å²) < 4.78 is 5.47. The lowest BCUT2D eigenvalue weighted by Gasteiger charge is -2.26. The molecule has 2 N–H and O–H groups in total. The lowest BCUT2D eigenvalue weighted by Crippen LogP contribution is -2.35. The Morgan fingerprint density at radius 2 is 1.83 bits per heavy atom. The molecule has 0 unspecified atom stereocenters. The lowest BCUT2D eigenvalue weighted by atomic mass is 10.0. The number of hydrogen-bond donors (Lipinski definition) is 2. The molecule has 1 atom stereocenters. The summed E-state index contributed by atoms with van der Waals surface area (Å²) in [5.74, 6) is 0. The number of nitrogens with zero attached hydrogens (tertiary/aromatic N) is 2. The fourth-order valence-corrected chi connectivity index (χ4v) is 4.85. The first-order chi connectivity index (χ1) is 14.8. The van der Waals surface area contributed by atoms with Crippen molar-refractivity contribution in [2.45, 2.75) is 32.0 Å². The first kappa shape index (κ1) is 19.8. The predicted molar refractivity (Wildman–Crippen MR) is 120 cm³/mol. The Morgan fingerprint density at radius 3 is 2.70 bits per heavy atom. The summed E-state index contributed by atoms with van der Waals surface area (Å²) >= 11 is 0. The van der Waals surface area contributed by atoms with Gasteiger partial charge in [0.15, 0.2) is 0 Å². The van der Waals surface area contributed by atoms with E-state index < -0.39 is 0 Å². The minimum Gasteiger partial charge on any atom is -0.395 e. The molecule has 0 bridgehead atoms. The summed E-state index contributed by atoms with van der Waals surface area (Å²) in [6.07, 6.45) is 2.28. The van der Waals surface area contributed by atoms with Crippen LogP contribution in [-0.4, -0.2) is 65.4 Å². The van der Waals surface area contributed by atoms with Crippen LogP contribution in [0.4, 0.5) is 0 Å². The van der Waals surface area contributed by atoms with Crippen LogP contribution in [0.25, 0.3) is 22.0 Å². The van der Waals surface area contributed by atoms with E-state index >= 15 is 0 Å². The number of rotatable bonds is 6. The van der Waals surface area contributed by atoms with Crippen LogP contribution in [0.2, 0.25) is 0 Å². The average Bonchev–Trinajstić information content (AvgIpc) is 3.40. The van der Waals surface area contributed by atoms with E-state index in [0.29, 0.717) is 6.04 Å². The number of fused-ring (bicyclic) bond motifs is 1. The number of ether oxygens (including phenoxy) is 1. The van der Waals surface area contributed by atoms with E-state index in [1.807, 2.05) is 0 Å². The Bertz CT molecular complexity index is 993. The van der Waals surface area contributed by atoms with Gasteiger partial charge in [-0.1, -0.05) is 24.3 Å². The van der Waals surface area contributed by atoms with Gasteiger partial charge in [0.1, 0.15) is 0 Å². The Hall–Kier alpha value is -2.18. The topological polar surface area (TPSA) is 51.7 Å². The second-order valence-electron chi connectivity index (χ2n) is 8.63. The Labute approximate surface area is 178 Å². The largest absolute Gasteiger partial charge is 0.395 e. The molecule has 2 fully saturated rings. The first-order valence-electron chi connectivity index (χ1n) is 11.1. The summed E-state index contributed by atoms with van der Waals surface area (Å²) in [5.41, 5.74) is 6.28. The highest BCUT2D eigenvalue weighted by Gasteiger charge is 2.24. The summed E-state index contributed by atoms with van der Waals surface area (Å²) in [7, 11) is 0. The summed E-state index contributed by atoms with van der Waals surface area (Å²) in [6.45, 7) is 6.88. The van der Waals surface area contributed by atoms with Crippen molar-refractivity contribution in [1.82, 2.24) is 14.8 Å². The molecule has 30 heavy (non-hydrogen) atoms. The minimum absolute atomic E-state index is 0.255. The van der Waals surface area contributed by atoms with E-state index in [0.717, 1.165) is 52.4 Å². The van der Waals surface area contributed by atoms with E-state index in [4.69, 9.17) is 4.74 Å². The lowest BCUT2D eigenvalue weighted by molar-refractivity contribution is 0.0342. The third-order valence-corrected chi connectivity index (χ3v) is 6.53. The molecule has 0 radical (unpaired) electrons. The fourth-order valence-electron chi connectivity index (χ4n) is 4.85. The number of morpholine rings is 1. The first-order valence-corrected chi connectivity index (χ1v) is 11.1. The summed E-state index contributed by atoms with van der Waals surface area (Å²) in [5, 5.41) is 10.8. The van der Waals surface area contributed by atoms with Crippen LogP contribution < -0.4 is 0 Å². The standard InChI is InChI=1S/C25H31N3O2/c29-18-24-5-2-8-28(24)17-23-15-22-14-21(6-7-25(22)26-23)20-4-1-3-19(13-20)16-27-9-11-30-12-10-27/h1,3-4,6-7,13-15,24,26,29H,2,5,8-12,16-18H2/t24-/m1/s1. The smallest absolute Gasteiger partial charge is 0.0594 e. The van der Waals surface area contributed by atoms with Crippen molar-refractivity contribution in [1.29, 1.82) is 0 Å². The van der Waals surface area contributed by atoms with Gasteiger partial charge in [-0.05, 0) is 60.3 Å². The van der Waals surface area contributed by atoms with Crippen molar-refractivity contribution in [2.75, 3.05) is 39.5 Å². The molecule has 2 saturated heterocycles. The number of H-pyrrole nitrogens is 1. The van der Waals surface area contributed by atoms with Gasteiger partial charge >= 0.3 is 0 Å². The molecule has 5 heteroatoms. The van der Waals surface area contributed by atoms with Crippen molar-refractivity contribution in [2.24, 2.45) is 0 Å². The molecule has 2 aliphatic heterocycles. The second kappa shape index (κ2) is 8.90. The van der Waals surface area contributed by atoms with Crippen LogP contribution in [0.15, 0.2) is 48.5 Å². The maximum Gasteiger partial charge on any atom is 0.0594 e. The van der Waals surface area contributed by atoms with E-state index in [9.17, 15) is 5.11 Å². The molecule has 5 rings (SSSR count). The molecule has 3 aromatic rings. The van der Waals surface area contributed by atoms with Gasteiger partial charge in [0.05, 0.1) is 19.8 Å². The van der Waals surface area contributed by atoms with Crippen molar-refractivity contribution in [3.8, 4) is 11.1 Å². The molecular formula is C25H31N3O2. The van der Waals surface area contributed by atoms with E-state index in [-0.39, 0.29) is 6.61 Å². The highest BCUT2D eigenvalue weighted by molar-refractivity contribution is 5.86. The zero-order valence-electron chi connectivity index (χ0n) is 17.5. The van der Waals surface area contributed by atoms with Crippen molar-refractivity contribution >= 4 is 10.9 Å². The van der Waals surface area contributed by atoms with Crippen LogP contribution in [-0.2, 0) is 17.8 Å².